The molecule has 2 heteroatoms. The summed E-state index contributed by atoms with van der Waals surface area (Å²) in [7, 11) is 0. The van der Waals surface area contributed by atoms with Crippen molar-refractivity contribution in [3.8, 4) is 0 Å². The quantitative estimate of drug-likeness (QED) is 0.692. The van der Waals surface area contributed by atoms with Gasteiger partial charge in [0.05, 0.1) is 0 Å². The van der Waals surface area contributed by atoms with Crippen molar-refractivity contribution in [3.05, 3.63) is 12.2 Å². The number of nitrogens with zero attached hydrogens (tertiary/aromatic N) is 1. The summed E-state index contributed by atoms with van der Waals surface area (Å²) in [5.74, 6) is 1.82. The smallest absolute Gasteiger partial charge is 0.0253 e. The lowest BCUT2D eigenvalue weighted by Gasteiger charge is -2.26. The molecule has 14 heavy (non-hydrogen) atoms. The largest absolute Gasteiger partial charge is 0.329 e. The van der Waals surface area contributed by atoms with Gasteiger partial charge in [-0.05, 0) is 31.6 Å². The van der Waals surface area contributed by atoms with E-state index in [2.05, 4.69) is 18.4 Å². The van der Waals surface area contributed by atoms with Crippen LogP contribution < -0.4 is 5.73 Å². The molecular formula is C12H22N2. The lowest BCUT2D eigenvalue weighted by molar-refractivity contribution is 0.244. The fourth-order valence-corrected chi connectivity index (χ4v) is 3.36. The van der Waals surface area contributed by atoms with Gasteiger partial charge in [-0.15, -0.1) is 0 Å². The first-order chi connectivity index (χ1) is 6.72. The van der Waals surface area contributed by atoms with Gasteiger partial charge in [0, 0.05) is 25.7 Å². The van der Waals surface area contributed by atoms with E-state index in [0.29, 0.717) is 6.04 Å². The monoisotopic (exact) mass is 194 g/mol. The van der Waals surface area contributed by atoms with E-state index in [1.165, 1.54) is 31.4 Å². The van der Waals surface area contributed by atoms with Crippen LogP contribution in [0.2, 0.25) is 0 Å². The Morgan fingerprint density at radius 3 is 2.93 bits per heavy atom. The van der Waals surface area contributed by atoms with Gasteiger partial charge in [0.15, 0.2) is 0 Å². The first-order valence-electron chi connectivity index (χ1n) is 5.81. The average molecular weight is 194 g/mol. The maximum absolute atomic E-state index is 5.88. The molecule has 2 aliphatic rings. The van der Waals surface area contributed by atoms with E-state index in [1.807, 2.05) is 0 Å². The van der Waals surface area contributed by atoms with Gasteiger partial charge in [-0.2, -0.15) is 0 Å². The number of hydrogen-bond donors (Lipinski definition) is 1. The minimum Gasteiger partial charge on any atom is -0.329 e. The average Bonchev–Trinajstić information content (AvgIpc) is 2.62. The van der Waals surface area contributed by atoms with Gasteiger partial charge in [-0.1, -0.05) is 18.6 Å². The molecule has 0 bridgehead atoms. The zero-order valence-electron chi connectivity index (χ0n) is 9.21. The Morgan fingerprint density at radius 2 is 2.29 bits per heavy atom. The highest BCUT2D eigenvalue weighted by Crippen LogP contribution is 2.41. The molecule has 0 aromatic heterocycles. The minimum atomic E-state index is 0.638. The first kappa shape index (κ1) is 10.2. The zero-order chi connectivity index (χ0) is 10.1. The molecule has 0 radical (unpaired) electrons. The topological polar surface area (TPSA) is 29.3 Å². The molecule has 80 valence electrons. The van der Waals surface area contributed by atoms with Gasteiger partial charge in [-0.25, -0.2) is 0 Å². The second kappa shape index (κ2) is 4.03. The third-order valence-electron chi connectivity index (χ3n) is 3.86. The normalized spacial score (nSPS) is 37.4. The maximum Gasteiger partial charge on any atom is 0.0253 e. The maximum atomic E-state index is 5.88. The predicted molar refractivity (Wildman–Crippen MR) is 60.1 cm³/mol. The predicted octanol–water partition coefficient (Wildman–Crippen LogP) is 1.62. The van der Waals surface area contributed by atoms with Crippen molar-refractivity contribution in [2.45, 2.75) is 32.2 Å². The van der Waals surface area contributed by atoms with Crippen LogP contribution in [-0.2, 0) is 0 Å². The second-order valence-corrected chi connectivity index (χ2v) is 5.04. The molecule has 1 aliphatic heterocycles. The van der Waals surface area contributed by atoms with Crippen molar-refractivity contribution in [1.82, 2.24) is 4.90 Å². The SMILES string of the molecule is C=C(C)CN1CC2CCCC2C1CN. The Balaban J connectivity index is 2.02. The first-order valence-corrected chi connectivity index (χ1v) is 5.81. The highest BCUT2D eigenvalue weighted by molar-refractivity contribution is 5.02. The zero-order valence-corrected chi connectivity index (χ0v) is 9.21. The molecule has 3 unspecified atom stereocenters. The molecule has 1 saturated heterocycles. The molecule has 2 fully saturated rings. The lowest BCUT2D eigenvalue weighted by Crippen LogP contribution is -2.39. The molecule has 0 amide bonds. The second-order valence-electron chi connectivity index (χ2n) is 5.04. The molecule has 1 saturated carbocycles. The van der Waals surface area contributed by atoms with Gasteiger partial charge < -0.3 is 5.73 Å². The van der Waals surface area contributed by atoms with E-state index < -0.39 is 0 Å². The van der Waals surface area contributed by atoms with Crippen LogP contribution in [-0.4, -0.2) is 30.6 Å². The van der Waals surface area contributed by atoms with Crippen LogP contribution in [0.3, 0.4) is 0 Å². The van der Waals surface area contributed by atoms with Gasteiger partial charge in [0.1, 0.15) is 0 Å². The number of likely N-dealkylation sites (tertiary alicyclic amines) is 1. The van der Waals surface area contributed by atoms with Crippen molar-refractivity contribution in [3.63, 3.8) is 0 Å². The summed E-state index contributed by atoms with van der Waals surface area (Å²) in [4.78, 5) is 2.55. The molecule has 2 N–H and O–H groups in total. The minimum absolute atomic E-state index is 0.638. The van der Waals surface area contributed by atoms with E-state index in [4.69, 9.17) is 5.73 Å². The van der Waals surface area contributed by atoms with E-state index in [0.717, 1.165) is 24.9 Å². The molecule has 0 aromatic rings. The third kappa shape index (κ3) is 1.73. The summed E-state index contributed by atoms with van der Waals surface area (Å²) in [5.41, 5.74) is 7.15. The van der Waals surface area contributed by atoms with Crippen molar-refractivity contribution in [2.24, 2.45) is 17.6 Å². The van der Waals surface area contributed by atoms with Crippen LogP contribution in [0.15, 0.2) is 12.2 Å². The molecule has 3 atom stereocenters. The summed E-state index contributed by atoms with van der Waals surface area (Å²) < 4.78 is 0. The Bertz CT molecular complexity index is 224. The van der Waals surface area contributed by atoms with Crippen LogP contribution in [0.5, 0.6) is 0 Å². The van der Waals surface area contributed by atoms with Crippen LogP contribution in [0.1, 0.15) is 26.2 Å². The molecule has 2 rings (SSSR count). The molecule has 1 heterocycles. The number of nitrogens with two attached hydrogens (primary N) is 1. The van der Waals surface area contributed by atoms with Crippen molar-refractivity contribution >= 4 is 0 Å². The van der Waals surface area contributed by atoms with E-state index in [9.17, 15) is 0 Å². The van der Waals surface area contributed by atoms with Gasteiger partial charge >= 0.3 is 0 Å². The summed E-state index contributed by atoms with van der Waals surface area (Å²) >= 11 is 0. The molecule has 1 aliphatic carbocycles. The molecular weight excluding hydrogens is 172 g/mol. The van der Waals surface area contributed by atoms with Crippen LogP contribution in [0.4, 0.5) is 0 Å². The van der Waals surface area contributed by atoms with Crippen molar-refractivity contribution < 1.29 is 0 Å². The standard InChI is InChI=1S/C12H22N2/c1-9(2)7-14-8-10-4-3-5-11(10)12(14)6-13/h10-12H,1,3-8,13H2,2H3. The Labute approximate surface area is 87.2 Å². The van der Waals surface area contributed by atoms with Crippen molar-refractivity contribution in [2.75, 3.05) is 19.6 Å². The third-order valence-corrected chi connectivity index (χ3v) is 3.86. The summed E-state index contributed by atoms with van der Waals surface area (Å²) in [6.07, 6.45) is 4.25. The molecule has 0 spiro atoms. The lowest BCUT2D eigenvalue weighted by atomic mass is 9.94. The van der Waals surface area contributed by atoms with Crippen LogP contribution in [0.25, 0.3) is 0 Å². The van der Waals surface area contributed by atoms with Crippen LogP contribution in [0, 0.1) is 11.8 Å². The van der Waals surface area contributed by atoms with Crippen molar-refractivity contribution in [1.29, 1.82) is 0 Å². The van der Waals surface area contributed by atoms with E-state index in [-0.39, 0.29) is 0 Å². The fourth-order valence-electron chi connectivity index (χ4n) is 3.36. The number of rotatable bonds is 3. The number of hydrogen-bond acceptors (Lipinski definition) is 2. The summed E-state index contributed by atoms with van der Waals surface area (Å²) in [6.45, 7) is 9.25. The molecule has 0 aromatic carbocycles. The fraction of sp³-hybridized carbons (Fsp3) is 0.833. The Kier molecular flexibility index (Phi) is 2.93. The Hall–Kier alpha value is -0.340. The highest BCUT2D eigenvalue weighted by Gasteiger charge is 2.42. The van der Waals surface area contributed by atoms with Gasteiger partial charge in [0.2, 0.25) is 0 Å². The van der Waals surface area contributed by atoms with E-state index in [1.54, 1.807) is 0 Å². The van der Waals surface area contributed by atoms with Crippen LogP contribution >= 0.6 is 0 Å². The Morgan fingerprint density at radius 1 is 1.50 bits per heavy atom. The van der Waals surface area contributed by atoms with Gasteiger partial charge in [0.25, 0.3) is 0 Å². The molecule has 2 nitrogen and oxygen atoms in total. The van der Waals surface area contributed by atoms with E-state index >= 15 is 0 Å². The number of fused-ring (bicyclic) bond motifs is 1. The summed E-state index contributed by atoms with van der Waals surface area (Å²) in [6, 6.07) is 0.638. The van der Waals surface area contributed by atoms with Gasteiger partial charge in [-0.3, -0.25) is 4.90 Å². The highest BCUT2D eigenvalue weighted by atomic mass is 15.2. The summed E-state index contributed by atoms with van der Waals surface area (Å²) in [5, 5.41) is 0.